The Hall–Kier alpha value is -1.79. The first-order chi connectivity index (χ1) is 10.0. The van der Waals surface area contributed by atoms with Crippen molar-refractivity contribution in [2.45, 2.75) is 6.42 Å². The maximum absolute atomic E-state index is 8.59. The second-order valence-corrected chi connectivity index (χ2v) is 5.32. The lowest BCUT2D eigenvalue weighted by Gasteiger charge is -2.18. The number of likely N-dealkylation sites (N-methyl/N-ethyl adjacent to an activating group) is 1. The Labute approximate surface area is 126 Å². The van der Waals surface area contributed by atoms with Crippen LogP contribution in [-0.2, 0) is 0 Å². The van der Waals surface area contributed by atoms with E-state index >= 15 is 0 Å². The lowest BCUT2D eigenvalue weighted by molar-refractivity contribution is 0.229. The number of hydrogen-bond donors (Lipinski definition) is 2. The molecule has 1 rings (SSSR count). The van der Waals surface area contributed by atoms with E-state index in [-0.39, 0.29) is 5.84 Å². The molecule has 0 heterocycles. The van der Waals surface area contributed by atoms with Crippen molar-refractivity contribution in [2.75, 3.05) is 47.4 Å². The van der Waals surface area contributed by atoms with Crippen molar-refractivity contribution in [1.82, 2.24) is 9.80 Å². The monoisotopic (exact) mass is 294 g/mol. The van der Waals surface area contributed by atoms with E-state index < -0.39 is 0 Å². The molecular formula is C15H26N4O2. The van der Waals surface area contributed by atoms with E-state index in [2.05, 4.69) is 36.1 Å². The van der Waals surface area contributed by atoms with Gasteiger partial charge in [-0.05, 0) is 64.9 Å². The van der Waals surface area contributed by atoms with E-state index in [9.17, 15) is 0 Å². The minimum atomic E-state index is 0.0992. The molecule has 0 unspecified atom stereocenters. The predicted molar refractivity (Wildman–Crippen MR) is 85.1 cm³/mol. The summed E-state index contributed by atoms with van der Waals surface area (Å²) in [6.07, 6.45) is 1.15. The van der Waals surface area contributed by atoms with Crippen LogP contribution >= 0.6 is 0 Å². The Morgan fingerprint density at radius 2 is 1.81 bits per heavy atom. The van der Waals surface area contributed by atoms with E-state index in [4.69, 9.17) is 15.7 Å². The predicted octanol–water partition coefficient (Wildman–Crippen LogP) is 1.04. The molecule has 1 aromatic carbocycles. The van der Waals surface area contributed by atoms with E-state index in [1.165, 1.54) is 0 Å². The van der Waals surface area contributed by atoms with Crippen molar-refractivity contribution in [3.8, 4) is 5.75 Å². The van der Waals surface area contributed by atoms with Crippen molar-refractivity contribution in [3.05, 3.63) is 29.8 Å². The van der Waals surface area contributed by atoms with Gasteiger partial charge in [0.15, 0.2) is 5.84 Å². The molecule has 118 valence electrons. The molecule has 3 N–H and O–H groups in total. The summed E-state index contributed by atoms with van der Waals surface area (Å²) in [6, 6.07) is 7.18. The van der Waals surface area contributed by atoms with Gasteiger partial charge in [0.1, 0.15) is 12.4 Å². The zero-order valence-corrected chi connectivity index (χ0v) is 13.1. The first kappa shape index (κ1) is 17.3. The Kier molecular flexibility index (Phi) is 7.56. The summed E-state index contributed by atoms with van der Waals surface area (Å²) in [5.74, 6) is 0.883. The third kappa shape index (κ3) is 6.97. The lowest BCUT2D eigenvalue weighted by atomic mass is 10.2. The van der Waals surface area contributed by atoms with Crippen molar-refractivity contribution >= 4 is 5.84 Å². The average molecular weight is 294 g/mol. The second-order valence-electron chi connectivity index (χ2n) is 5.32. The topological polar surface area (TPSA) is 74.3 Å². The molecule has 0 saturated heterocycles. The Morgan fingerprint density at radius 1 is 1.14 bits per heavy atom. The maximum Gasteiger partial charge on any atom is 0.170 e. The van der Waals surface area contributed by atoms with Crippen molar-refractivity contribution in [2.24, 2.45) is 10.9 Å². The highest BCUT2D eigenvalue weighted by atomic mass is 16.5. The number of hydrogen-bond acceptors (Lipinski definition) is 5. The minimum Gasteiger partial charge on any atom is -0.492 e. The summed E-state index contributed by atoms with van der Waals surface area (Å²) in [5.41, 5.74) is 6.17. The smallest absolute Gasteiger partial charge is 0.170 e. The molecule has 0 bridgehead atoms. The van der Waals surface area contributed by atoms with Gasteiger partial charge in [0.2, 0.25) is 0 Å². The maximum atomic E-state index is 8.59. The molecule has 0 aliphatic heterocycles. The van der Waals surface area contributed by atoms with Gasteiger partial charge in [-0.25, -0.2) is 0 Å². The molecule has 21 heavy (non-hydrogen) atoms. The second kappa shape index (κ2) is 9.20. The van der Waals surface area contributed by atoms with Crippen molar-refractivity contribution < 1.29 is 9.94 Å². The highest BCUT2D eigenvalue weighted by molar-refractivity contribution is 5.97. The van der Waals surface area contributed by atoms with Crippen LogP contribution < -0.4 is 10.5 Å². The van der Waals surface area contributed by atoms with Crippen molar-refractivity contribution in [3.63, 3.8) is 0 Å². The Bertz CT molecular complexity index is 432. The van der Waals surface area contributed by atoms with Gasteiger partial charge in [0.05, 0.1) is 0 Å². The molecule has 0 aromatic heterocycles. The van der Waals surface area contributed by atoms with Gasteiger partial charge in [-0.15, -0.1) is 0 Å². The molecule has 0 saturated carbocycles. The zero-order chi connectivity index (χ0) is 15.7. The number of rotatable bonds is 9. The Morgan fingerprint density at radius 3 is 2.38 bits per heavy atom. The summed E-state index contributed by atoms with van der Waals surface area (Å²) < 4.78 is 5.68. The minimum absolute atomic E-state index is 0.0992. The summed E-state index contributed by atoms with van der Waals surface area (Å²) in [5, 5.41) is 11.5. The van der Waals surface area contributed by atoms with Gasteiger partial charge >= 0.3 is 0 Å². The Balaban J connectivity index is 2.26. The number of benzene rings is 1. The quantitative estimate of drug-likeness (QED) is 0.308. The highest BCUT2D eigenvalue weighted by Gasteiger charge is 2.02. The number of nitrogens with zero attached hydrogens (tertiary/aromatic N) is 3. The average Bonchev–Trinajstić information content (AvgIpc) is 2.46. The van der Waals surface area contributed by atoms with Crippen LogP contribution in [0.1, 0.15) is 12.0 Å². The fourth-order valence-corrected chi connectivity index (χ4v) is 1.87. The van der Waals surface area contributed by atoms with Gasteiger partial charge in [0.25, 0.3) is 0 Å². The fraction of sp³-hybridized carbons (Fsp3) is 0.533. The third-order valence-corrected chi connectivity index (χ3v) is 3.14. The SMILES string of the molecule is CN(C)CCCN(C)CCOc1ccc(C(N)=NO)cc1. The molecule has 0 amide bonds. The molecule has 1 aromatic rings. The van der Waals surface area contributed by atoms with Gasteiger partial charge in [-0.1, -0.05) is 5.16 Å². The van der Waals surface area contributed by atoms with Crippen LogP contribution in [0.4, 0.5) is 0 Å². The third-order valence-electron chi connectivity index (χ3n) is 3.14. The molecule has 0 aliphatic carbocycles. The van der Waals surface area contributed by atoms with Gasteiger partial charge in [-0.2, -0.15) is 0 Å². The van der Waals surface area contributed by atoms with E-state index in [0.29, 0.717) is 12.2 Å². The normalized spacial score (nSPS) is 12.1. The van der Waals surface area contributed by atoms with E-state index in [1.54, 1.807) is 12.1 Å². The lowest BCUT2D eigenvalue weighted by Crippen LogP contribution is -2.27. The van der Waals surface area contributed by atoms with Crippen LogP contribution in [0.2, 0.25) is 0 Å². The summed E-state index contributed by atoms with van der Waals surface area (Å²) in [6.45, 7) is 3.68. The first-order valence-electron chi connectivity index (χ1n) is 7.07. The van der Waals surface area contributed by atoms with Crippen molar-refractivity contribution in [1.29, 1.82) is 0 Å². The van der Waals surface area contributed by atoms with Crippen LogP contribution in [0.15, 0.2) is 29.4 Å². The standard InChI is InChI=1S/C15H26N4O2/c1-18(2)9-4-10-19(3)11-12-21-14-7-5-13(6-8-14)15(16)17-20/h5-8,20H,4,9-12H2,1-3H3,(H2,16,17). The van der Waals surface area contributed by atoms with Crippen LogP contribution in [0.25, 0.3) is 0 Å². The number of ether oxygens (including phenoxy) is 1. The van der Waals surface area contributed by atoms with Gasteiger partial charge in [0, 0.05) is 12.1 Å². The number of amidine groups is 1. The van der Waals surface area contributed by atoms with Gasteiger partial charge < -0.3 is 25.5 Å². The number of oxime groups is 1. The number of nitrogens with two attached hydrogens (primary N) is 1. The van der Waals surface area contributed by atoms with Crippen LogP contribution in [0.5, 0.6) is 5.75 Å². The molecule has 0 radical (unpaired) electrons. The van der Waals surface area contributed by atoms with E-state index in [1.807, 2.05) is 12.1 Å². The molecule has 0 atom stereocenters. The molecule has 0 spiro atoms. The van der Waals surface area contributed by atoms with Crippen LogP contribution in [0.3, 0.4) is 0 Å². The summed E-state index contributed by atoms with van der Waals surface area (Å²) in [4.78, 5) is 4.45. The summed E-state index contributed by atoms with van der Waals surface area (Å²) in [7, 11) is 6.27. The molecule has 6 heteroatoms. The zero-order valence-electron chi connectivity index (χ0n) is 13.1. The molecule has 0 fully saturated rings. The fourth-order valence-electron chi connectivity index (χ4n) is 1.87. The first-order valence-corrected chi connectivity index (χ1v) is 7.07. The van der Waals surface area contributed by atoms with Crippen LogP contribution in [-0.4, -0.2) is 68.2 Å². The molecular weight excluding hydrogens is 268 g/mol. The molecule has 6 nitrogen and oxygen atoms in total. The molecule has 0 aliphatic rings. The largest absolute Gasteiger partial charge is 0.492 e. The van der Waals surface area contributed by atoms with Crippen LogP contribution in [0, 0.1) is 0 Å². The van der Waals surface area contributed by atoms with E-state index in [0.717, 1.165) is 31.8 Å². The summed E-state index contributed by atoms with van der Waals surface area (Å²) >= 11 is 0. The van der Waals surface area contributed by atoms with Gasteiger partial charge in [-0.3, -0.25) is 0 Å². The highest BCUT2D eigenvalue weighted by Crippen LogP contribution is 2.11.